The van der Waals surface area contributed by atoms with Crippen molar-refractivity contribution in [2.24, 2.45) is 16.3 Å². The second-order valence-corrected chi connectivity index (χ2v) is 11.9. The quantitative estimate of drug-likeness (QED) is 0.331. The average Bonchev–Trinajstić information content (AvgIpc) is 3.43. The first-order valence-electron chi connectivity index (χ1n) is 12.1. The molecule has 1 aromatic carbocycles. The van der Waals surface area contributed by atoms with Gasteiger partial charge >= 0.3 is 0 Å². The molecule has 0 bridgehead atoms. The molecule has 1 N–H and O–H groups in total. The van der Waals surface area contributed by atoms with Gasteiger partial charge in [0.15, 0.2) is 0 Å². The van der Waals surface area contributed by atoms with Gasteiger partial charge in [-0.1, -0.05) is 32.4 Å². The molecule has 35 heavy (non-hydrogen) atoms. The van der Waals surface area contributed by atoms with E-state index in [1.54, 1.807) is 29.9 Å². The Hall–Kier alpha value is -2.57. The molecule has 0 fully saturated rings. The Balaban J connectivity index is 1.69. The van der Waals surface area contributed by atoms with Crippen LogP contribution in [0.15, 0.2) is 46.0 Å². The molecule has 4 rings (SSSR count). The number of furan rings is 1. The standard InChI is InChI=1S/C28H33ClN2O3S/c1-17(2)34-23-11-9-20(29)13-18(23)15-31-27-25(26(32)30-16-21-7-6-12-33-21)22-10-8-19(28(3,4)5)14-24(22)35-27/h6-7,9,11-13,15,17,19H,8,10,14,16H2,1-5H3,(H,30,32)/t19-/m1/s1. The summed E-state index contributed by atoms with van der Waals surface area (Å²) >= 11 is 7.88. The van der Waals surface area contributed by atoms with Crippen LogP contribution in [0.4, 0.5) is 5.00 Å². The molecule has 0 unspecified atom stereocenters. The molecule has 7 heteroatoms. The Labute approximate surface area is 216 Å². The summed E-state index contributed by atoms with van der Waals surface area (Å²) in [5.74, 6) is 1.88. The predicted octanol–water partition coefficient (Wildman–Crippen LogP) is 7.61. The van der Waals surface area contributed by atoms with Gasteiger partial charge in [-0.05, 0) is 80.3 Å². The number of ether oxygens (including phenoxy) is 1. The van der Waals surface area contributed by atoms with Crippen LogP contribution in [0.25, 0.3) is 0 Å². The zero-order valence-corrected chi connectivity index (χ0v) is 22.6. The zero-order valence-electron chi connectivity index (χ0n) is 21.0. The average molecular weight is 513 g/mol. The summed E-state index contributed by atoms with van der Waals surface area (Å²) in [5.41, 5.74) is 2.81. The third-order valence-corrected chi connectivity index (χ3v) is 7.75. The van der Waals surface area contributed by atoms with Crippen LogP contribution >= 0.6 is 22.9 Å². The maximum atomic E-state index is 13.4. The summed E-state index contributed by atoms with van der Waals surface area (Å²) < 4.78 is 11.3. The van der Waals surface area contributed by atoms with E-state index in [1.165, 1.54) is 4.88 Å². The minimum Gasteiger partial charge on any atom is -0.490 e. The Morgan fingerprint density at radius 1 is 1.34 bits per heavy atom. The molecule has 0 saturated carbocycles. The lowest BCUT2D eigenvalue weighted by molar-refractivity contribution is 0.0947. The molecule has 0 aliphatic heterocycles. The third kappa shape index (κ3) is 6.17. The van der Waals surface area contributed by atoms with Gasteiger partial charge in [-0.2, -0.15) is 0 Å². The monoisotopic (exact) mass is 512 g/mol. The fourth-order valence-electron chi connectivity index (χ4n) is 4.41. The number of hydrogen-bond acceptors (Lipinski definition) is 5. The molecule has 1 atom stereocenters. The highest BCUT2D eigenvalue weighted by Crippen LogP contribution is 2.45. The number of carbonyl (C=O) groups is 1. The van der Waals surface area contributed by atoms with Crippen LogP contribution in [-0.2, 0) is 19.4 Å². The van der Waals surface area contributed by atoms with Crippen molar-refractivity contribution in [3.8, 4) is 5.75 Å². The number of hydrogen-bond donors (Lipinski definition) is 1. The third-order valence-electron chi connectivity index (χ3n) is 6.36. The highest BCUT2D eigenvalue weighted by molar-refractivity contribution is 7.16. The number of carbonyl (C=O) groups excluding carboxylic acids is 1. The molecule has 0 radical (unpaired) electrons. The number of halogens is 1. The molecule has 0 spiro atoms. The Morgan fingerprint density at radius 2 is 2.14 bits per heavy atom. The zero-order chi connectivity index (χ0) is 25.2. The maximum Gasteiger partial charge on any atom is 0.255 e. The smallest absolute Gasteiger partial charge is 0.255 e. The maximum absolute atomic E-state index is 13.4. The van der Waals surface area contributed by atoms with Gasteiger partial charge in [-0.3, -0.25) is 4.79 Å². The molecule has 3 aromatic rings. The summed E-state index contributed by atoms with van der Waals surface area (Å²) in [6.45, 7) is 11.2. The first-order valence-corrected chi connectivity index (χ1v) is 13.3. The van der Waals surface area contributed by atoms with Gasteiger partial charge in [0.1, 0.15) is 16.5 Å². The predicted molar refractivity (Wildman–Crippen MR) is 144 cm³/mol. The van der Waals surface area contributed by atoms with Crippen LogP contribution in [0, 0.1) is 11.3 Å². The van der Waals surface area contributed by atoms with Gasteiger partial charge < -0.3 is 14.5 Å². The molecule has 1 aliphatic carbocycles. The lowest BCUT2D eigenvalue weighted by Gasteiger charge is -2.33. The minimum absolute atomic E-state index is 0.0228. The number of rotatable bonds is 7. The van der Waals surface area contributed by atoms with Crippen molar-refractivity contribution in [3.63, 3.8) is 0 Å². The van der Waals surface area contributed by atoms with E-state index >= 15 is 0 Å². The SMILES string of the molecule is CC(C)Oc1ccc(Cl)cc1C=Nc1sc2c(c1C(=O)NCc1ccco1)CC[C@@H](C(C)(C)C)C2. The van der Waals surface area contributed by atoms with Gasteiger partial charge in [0, 0.05) is 21.7 Å². The van der Waals surface area contributed by atoms with Crippen LogP contribution in [0.3, 0.4) is 0 Å². The van der Waals surface area contributed by atoms with Crippen LogP contribution in [0.5, 0.6) is 5.75 Å². The van der Waals surface area contributed by atoms with Gasteiger partial charge in [-0.15, -0.1) is 11.3 Å². The van der Waals surface area contributed by atoms with Gasteiger partial charge in [0.25, 0.3) is 5.91 Å². The van der Waals surface area contributed by atoms with Crippen molar-refractivity contribution in [3.05, 3.63) is 68.9 Å². The summed E-state index contributed by atoms with van der Waals surface area (Å²) in [5, 5.41) is 4.35. The van der Waals surface area contributed by atoms with E-state index in [4.69, 9.17) is 25.7 Å². The molecule has 1 aliphatic rings. The second-order valence-electron chi connectivity index (χ2n) is 10.4. The summed E-state index contributed by atoms with van der Waals surface area (Å²) in [6.07, 6.45) is 6.30. The molecular formula is C28H33ClN2O3S. The molecule has 2 heterocycles. The molecule has 0 saturated heterocycles. The number of fused-ring (bicyclic) bond motifs is 1. The largest absolute Gasteiger partial charge is 0.490 e. The highest BCUT2D eigenvalue weighted by atomic mass is 35.5. The van der Waals surface area contributed by atoms with Crippen LogP contribution in [0.1, 0.15) is 73.2 Å². The Kier molecular flexibility index (Phi) is 7.72. The van der Waals surface area contributed by atoms with Crippen molar-refractivity contribution in [2.45, 2.75) is 66.5 Å². The Bertz CT molecular complexity index is 1210. The summed E-state index contributed by atoms with van der Waals surface area (Å²) in [6, 6.07) is 9.17. The number of nitrogens with zero attached hydrogens (tertiary/aromatic N) is 1. The summed E-state index contributed by atoms with van der Waals surface area (Å²) in [7, 11) is 0. The van der Waals surface area contributed by atoms with Crippen LogP contribution < -0.4 is 10.1 Å². The molecule has 2 aromatic heterocycles. The second kappa shape index (κ2) is 10.6. The van der Waals surface area contributed by atoms with E-state index < -0.39 is 0 Å². The van der Waals surface area contributed by atoms with Crippen molar-refractivity contribution in [1.82, 2.24) is 5.32 Å². The van der Waals surface area contributed by atoms with Gasteiger partial charge in [0.2, 0.25) is 0 Å². The van der Waals surface area contributed by atoms with E-state index in [2.05, 4.69) is 26.1 Å². The van der Waals surface area contributed by atoms with E-state index in [1.807, 2.05) is 38.1 Å². The van der Waals surface area contributed by atoms with Crippen molar-refractivity contribution in [1.29, 1.82) is 0 Å². The summed E-state index contributed by atoms with van der Waals surface area (Å²) in [4.78, 5) is 19.5. The van der Waals surface area contributed by atoms with Crippen LogP contribution in [0.2, 0.25) is 5.02 Å². The van der Waals surface area contributed by atoms with E-state index in [9.17, 15) is 4.79 Å². The lowest BCUT2D eigenvalue weighted by atomic mass is 9.72. The highest BCUT2D eigenvalue weighted by Gasteiger charge is 2.33. The normalized spacial score (nSPS) is 16.0. The topological polar surface area (TPSA) is 63.8 Å². The molecule has 186 valence electrons. The van der Waals surface area contributed by atoms with Gasteiger partial charge in [-0.25, -0.2) is 4.99 Å². The first-order chi connectivity index (χ1) is 16.6. The van der Waals surface area contributed by atoms with Gasteiger partial charge in [0.05, 0.1) is 24.5 Å². The van der Waals surface area contributed by atoms with Crippen molar-refractivity contribution >= 4 is 40.1 Å². The fourth-order valence-corrected chi connectivity index (χ4v) is 5.86. The first kappa shape index (κ1) is 25.5. The number of thiophene rings is 1. The van der Waals surface area contributed by atoms with E-state index in [-0.39, 0.29) is 17.4 Å². The number of nitrogens with one attached hydrogen (secondary N) is 1. The van der Waals surface area contributed by atoms with Crippen molar-refractivity contribution < 1.29 is 13.9 Å². The van der Waals surface area contributed by atoms with E-state index in [0.717, 1.165) is 41.2 Å². The number of amides is 1. The number of aliphatic imine (C=N–C) groups is 1. The van der Waals surface area contributed by atoms with Crippen molar-refractivity contribution in [2.75, 3.05) is 0 Å². The number of benzene rings is 1. The minimum atomic E-state index is -0.120. The van der Waals surface area contributed by atoms with E-state index in [0.29, 0.717) is 28.8 Å². The fraction of sp³-hybridized carbons (Fsp3) is 0.429. The molecular weight excluding hydrogens is 480 g/mol. The van der Waals surface area contributed by atoms with Crippen LogP contribution in [-0.4, -0.2) is 18.2 Å². The Morgan fingerprint density at radius 3 is 2.83 bits per heavy atom. The lowest BCUT2D eigenvalue weighted by Crippen LogP contribution is -2.28. The molecule has 5 nitrogen and oxygen atoms in total. The molecule has 1 amide bonds.